The smallest absolute Gasteiger partial charge is 0.150 e. The summed E-state index contributed by atoms with van der Waals surface area (Å²) < 4.78 is 0. The highest BCUT2D eigenvalue weighted by molar-refractivity contribution is 5.86. The van der Waals surface area contributed by atoms with E-state index in [4.69, 9.17) is 0 Å². The Kier molecular flexibility index (Phi) is 3.02. The molecule has 0 spiro atoms. The van der Waals surface area contributed by atoms with Crippen molar-refractivity contribution < 1.29 is 4.79 Å². The molecule has 0 amide bonds. The van der Waals surface area contributed by atoms with Crippen LogP contribution in [-0.4, -0.2) is 29.3 Å². The van der Waals surface area contributed by atoms with Gasteiger partial charge < -0.3 is 5.32 Å². The molecule has 18 heavy (non-hydrogen) atoms. The molecule has 92 valence electrons. The molecule has 1 aromatic carbocycles. The Hall–Kier alpha value is -1.81. The van der Waals surface area contributed by atoms with Gasteiger partial charge in [0.15, 0.2) is 0 Å². The second-order valence-electron chi connectivity index (χ2n) is 4.69. The predicted molar refractivity (Wildman–Crippen MR) is 69.8 cm³/mol. The van der Waals surface area contributed by atoms with Crippen LogP contribution in [0.2, 0.25) is 0 Å². The predicted octanol–water partition coefficient (Wildman–Crippen LogP) is 1.91. The Morgan fingerprint density at radius 3 is 2.89 bits per heavy atom. The molecule has 2 heterocycles. The first-order chi connectivity index (χ1) is 8.86. The largest absolute Gasteiger partial charge is 0.317 e. The summed E-state index contributed by atoms with van der Waals surface area (Å²) in [4.78, 5) is 19.8. The number of fused-ring (bicyclic) bond motifs is 1. The number of hydrogen-bond donors (Lipinski definition) is 1. The SMILES string of the molecule is O=Cc1ccc2nc(C3CCNCC3)ncc2c1. The number of carbonyl (C=O) groups is 1. The molecule has 0 bridgehead atoms. The van der Waals surface area contributed by atoms with E-state index in [0.717, 1.165) is 48.9 Å². The lowest BCUT2D eigenvalue weighted by molar-refractivity contribution is 0.112. The van der Waals surface area contributed by atoms with Crippen molar-refractivity contribution in [2.24, 2.45) is 0 Å². The van der Waals surface area contributed by atoms with E-state index < -0.39 is 0 Å². The Bertz CT molecular complexity index is 576. The van der Waals surface area contributed by atoms with Crippen LogP contribution in [0.25, 0.3) is 10.9 Å². The Morgan fingerprint density at radius 2 is 2.11 bits per heavy atom. The molecule has 1 aliphatic heterocycles. The first-order valence-corrected chi connectivity index (χ1v) is 6.29. The third kappa shape index (κ3) is 2.11. The van der Waals surface area contributed by atoms with E-state index in [0.29, 0.717) is 11.5 Å². The number of benzene rings is 1. The summed E-state index contributed by atoms with van der Waals surface area (Å²) in [5, 5.41) is 4.27. The molecule has 1 N–H and O–H groups in total. The highest BCUT2D eigenvalue weighted by Gasteiger charge is 2.17. The van der Waals surface area contributed by atoms with Gasteiger partial charge in [0.05, 0.1) is 5.52 Å². The van der Waals surface area contributed by atoms with E-state index in [1.54, 1.807) is 6.07 Å². The minimum atomic E-state index is 0.460. The first kappa shape index (κ1) is 11.3. The molecule has 1 aromatic heterocycles. The van der Waals surface area contributed by atoms with Gasteiger partial charge in [0, 0.05) is 23.1 Å². The highest BCUT2D eigenvalue weighted by atomic mass is 16.1. The zero-order valence-electron chi connectivity index (χ0n) is 10.1. The van der Waals surface area contributed by atoms with Gasteiger partial charge in [-0.1, -0.05) is 0 Å². The minimum absolute atomic E-state index is 0.460. The maximum Gasteiger partial charge on any atom is 0.150 e. The minimum Gasteiger partial charge on any atom is -0.317 e. The summed E-state index contributed by atoms with van der Waals surface area (Å²) >= 11 is 0. The monoisotopic (exact) mass is 241 g/mol. The molecule has 4 nitrogen and oxygen atoms in total. The number of hydrogen-bond acceptors (Lipinski definition) is 4. The molecule has 0 unspecified atom stereocenters. The van der Waals surface area contributed by atoms with Crippen molar-refractivity contribution in [2.45, 2.75) is 18.8 Å². The van der Waals surface area contributed by atoms with Crippen LogP contribution in [0, 0.1) is 0 Å². The Labute approximate surface area is 105 Å². The van der Waals surface area contributed by atoms with E-state index in [2.05, 4.69) is 15.3 Å². The summed E-state index contributed by atoms with van der Waals surface area (Å²) in [6.07, 6.45) is 4.86. The Morgan fingerprint density at radius 1 is 1.28 bits per heavy atom. The molecule has 4 heteroatoms. The molecule has 3 rings (SSSR count). The fourth-order valence-electron chi connectivity index (χ4n) is 2.42. The summed E-state index contributed by atoms with van der Waals surface area (Å²) in [5.74, 6) is 1.39. The van der Waals surface area contributed by atoms with Gasteiger partial charge in [-0.25, -0.2) is 9.97 Å². The number of aromatic nitrogens is 2. The molecule has 2 aromatic rings. The fraction of sp³-hybridized carbons (Fsp3) is 0.357. The highest BCUT2D eigenvalue weighted by Crippen LogP contribution is 2.23. The number of carbonyl (C=O) groups excluding carboxylic acids is 1. The number of piperidine rings is 1. The second-order valence-corrected chi connectivity index (χ2v) is 4.69. The van der Waals surface area contributed by atoms with Crippen molar-refractivity contribution in [3.8, 4) is 0 Å². The maximum absolute atomic E-state index is 10.7. The first-order valence-electron chi connectivity index (χ1n) is 6.29. The molecule has 1 aliphatic rings. The van der Waals surface area contributed by atoms with Crippen molar-refractivity contribution in [3.05, 3.63) is 35.8 Å². The van der Waals surface area contributed by atoms with Crippen LogP contribution in [0.3, 0.4) is 0 Å². The fourth-order valence-corrected chi connectivity index (χ4v) is 2.42. The van der Waals surface area contributed by atoms with Gasteiger partial charge in [0.1, 0.15) is 12.1 Å². The van der Waals surface area contributed by atoms with E-state index in [-0.39, 0.29) is 0 Å². The number of aldehydes is 1. The van der Waals surface area contributed by atoms with Gasteiger partial charge in [-0.3, -0.25) is 4.79 Å². The third-order valence-electron chi connectivity index (χ3n) is 3.46. The molecule has 1 saturated heterocycles. The quantitative estimate of drug-likeness (QED) is 0.816. The van der Waals surface area contributed by atoms with Crippen molar-refractivity contribution in [1.82, 2.24) is 15.3 Å². The van der Waals surface area contributed by atoms with Crippen LogP contribution in [0.5, 0.6) is 0 Å². The van der Waals surface area contributed by atoms with E-state index in [9.17, 15) is 4.79 Å². The average Bonchev–Trinajstić information content (AvgIpc) is 2.47. The van der Waals surface area contributed by atoms with Gasteiger partial charge >= 0.3 is 0 Å². The molecule has 1 fully saturated rings. The number of nitrogens with one attached hydrogen (secondary N) is 1. The van der Waals surface area contributed by atoms with Crippen molar-refractivity contribution >= 4 is 17.2 Å². The van der Waals surface area contributed by atoms with E-state index in [1.807, 2.05) is 18.3 Å². The number of nitrogens with zero attached hydrogens (tertiary/aromatic N) is 2. The van der Waals surface area contributed by atoms with Gasteiger partial charge in [0.2, 0.25) is 0 Å². The Balaban J connectivity index is 1.97. The lowest BCUT2D eigenvalue weighted by atomic mass is 9.97. The summed E-state index contributed by atoms with van der Waals surface area (Å²) in [6.45, 7) is 2.08. The van der Waals surface area contributed by atoms with Gasteiger partial charge in [0.25, 0.3) is 0 Å². The van der Waals surface area contributed by atoms with Gasteiger partial charge in [-0.2, -0.15) is 0 Å². The lowest BCUT2D eigenvalue weighted by Crippen LogP contribution is -2.27. The van der Waals surface area contributed by atoms with Crippen LogP contribution in [0.4, 0.5) is 0 Å². The maximum atomic E-state index is 10.7. The molecular formula is C14H15N3O. The second kappa shape index (κ2) is 4.82. The van der Waals surface area contributed by atoms with Crippen LogP contribution in [0.1, 0.15) is 34.9 Å². The van der Waals surface area contributed by atoms with Crippen LogP contribution in [0.15, 0.2) is 24.4 Å². The van der Waals surface area contributed by atoms with Crippen LogP contribution in [-0.2, 0) is 0 Å². The average molecular weight is 241 g/mol. The van der Waals surface area contributed by atoms with Crippen LogP contribution < -0.4 is 5.32 Å². The van der Waals surface area contributed by atoms with Crippen molar-refractivity contribution in [1.29, 1.82) is 0 Å². The zero-order chi connectivity index (χ0) is 12.4. The normalized spacial score (nSPS) is 16.9. The summed E-state index contributed by atoms with van der Waals surface area (Å²) in [5.41, 5.74) is 1.59. The van der Waals surface area contributed by atoms with Crippen molar-refractivity contribution in [3.63, 3.8) is 0 Å². The standard InChI is InChI=1S/C14H15N3O/c18-9-10-1-2-13-12(7-10)8-16-14(17-13)11-3-5-15-6-4-11/h1-2,7-9,11,15H,3-6H2. The van der Waals surface area contributed by atoms with Gasteiger partial charge in [-0.15, -0.1) is 0 Å². The zero-order valence-corrected chi connectivity index (χ0v) is 10.1. The molecule has 0 atom stereocenters. The molecule has 0 saturated carbocycles. The topological polar surface area (TPSA) is 54.9 Å². The lowest BCUT2D eigenvalue weighted by Gasteiger charge is -2.21. The molecular weight excluding hydrogens is 226 g/mol. The number of rotatable bonds is 2. The van der Waals surface area contributed by atoms with Crippen LogP contribution >= 0.6 is 0 Å². The molecule has 0 radical (unpaired) electrons. The van der Waals surface area contributed by atoms with Crippen molar-refractivity contribution in [2.75, 3.05) is 13.1 Å². The van der Waals surface area contributed by atoms with E-state index in [1.165, 1.54) is 0 Å². The van der Waals surface area contributed by atoms with Gasteiger partial charge in [-0.05, 0) is 44.1 Å². The molecule has 0 aliphatic carbocycles. The summed E-state index contributed by atoms with van der Waals surface area (Å²) in [7, 11) is 0. The third-order valence-corrected chi connectivity index (χ3v) is 3.46. The summed E-state index contributed by atoms with van der Waals surface area (Å²) in [6, 6.07) is 5.52. The van der Waals surface area contributed by atoms with E-state index >= 15 is 0 Å².